The second kappa shape index (κ2) is 9.17. The number of benzene rings is 1. The van der Waals surface area contributed by atoms with Crippen molar-refractivity contribution in [3.05, 3.63) is 59.7 Å². The average molecular weight is 370 g/mol. The second-order valence-corrected chi connectivity index (χ2v) is 6.73. The molecule has 2 aromatic heterocycles. The second-order valence-electron chi connectivity index (χ2n) is 5.62. The lowest BCUT2D eigenvalue weighted by atomic mass is 10.2. The van der Waals surface area contributed by atoms with Crippen molar-refractivity contribution in [1.82, 2.24) is 15.6 Å². The maximum Gasteiger partial charge on any atom is 0.191 e. The lowest BCUT2D eigenvalue weighted by molar-refractivity contribution is 0.184. The number of aliphatic imine (C=N–C) groups is 1. The molecule has 0 radical (unpaired) electrons. The molecule has 0 saturated carbocycles. The van der Waals surface area contributed by atoms with E-state index in [1.807, 2.05) is 30.3 Å². The Morgan fingerprint density at radius 3 is 2.92 bits per heavy atom. The summed E-state index contributed by atoms with van der Waals surface area (Å²) in [6.07, 6.45) is 2.80. The van der Waals surface area contributed by atoms with Gasteiger partial charge >= 0.3 is 0 Å². The predicted molar refractivity (Wildman–Crippen MR) is 106 cm³/mol. The van der Waals surface area contributed by atoms with Crippen molar-refractivity contribution in [2.75, 3.05) is 26.7 Å². The van der Waals surface area contributed by atoms with Crippen molar-refractivity contribution in [1.29, 1.82) is 0 Å². The molecular formula is C19H22N4O2S. The van der Waals surface area contributed by atoms with E-state index in [0.717, 1.165) is 16.0 Å². The lowest BCUT2D eigenvalue weighted by Crippen LogP contribution is -2.41. The van der Waals surface area contributed by atoms with Crippen LogP contribution in [-0.2, 0) is 0 Å². The zero-order chi connectivity index (χ0) is 18.2. The van der Waals surface area contributed by atoms with Crippen LogP contribution in [0.5, 0.6) is 5.75 Å². The van der Waals surface area contributed by atoms with Gasteiger partial charge in [-0.05, 0) is 29.7 Å². The van der Waals surface area contributed by atoms with Crippen LogP contribution < -0.4 is 15.4 Å². The van der Waals surface area contributed by atoms with Gasteiger partial charge in [0, 0.05) is 29.4 Å². The van der Waals surface area contributed by atoms with Gasteiger partial charge in [-0.2, -0.15) is 0 Å². The highest BCUT2D eigenvalue weighted by Crippen LogP contribution is 2.29. The Labute approximate surface area is 156 Å². The van der Waals surface area contributed by atoms with Crippen molar-refractivity contribution >= 4 is 27.4 Å². The Bertz CT molecular complexity index is 818. The van der Waals surface area contributed by atoms with E-state index in [-0.39, 0.29) is 0 Å². The number of aromatic nitrogens is 1. The molecule has 6 nitrogen and oxygen atoms in total. The van der Waals surface area contributed by atoms with Crippen molar-refractivity contribution < 1.29 is 9.84 Å². The van der Waals surface area contributed by atoms with E-state index >= 15 is 0 Å². The third-order valence-electron chi connectivity index (χ3n) is 3.76. The van der Waals surface area contributed by atoms with Gasteiger partial charge < -0.3 is 20.5 Å². The third kappa shape index (κ3) is 4.93. The SMILES string of the molecule is CN=C(NCCOc1cccnc1)NCC(O)c1cc2ccccc2s1. The molecule has 7 heteroatoms. The quantitative estimate of drug-likeness (QED) is 0.338. The smallest absolute Gasteiger partial charge is 0.191 e. The number of nitrogens with zero attached hydrogens (tertiary/aromatic N) is 2. The first-order valence-electron chi connectivity index (χ1n) is 8.40. The van der Waals surface area contributed by atoms with E-state index in [9.17, 15) is 5.11 Å². The van der Waals surface area contributed by atoms with Gasteiger partial charge in [-0.25, -0.2) is 0 Å². The molecule has 3 aromatic rings. The Hall–Kier alpha value is -2.64. The Morgan fingerprint density at radius 1 is 1.27 bits per heavy atom. The fourth-order valence-corrected chi connectivity index (χ4v) is 3.50. The van der Waals surface area contributed by atoms with E-state index in [2.05, 4.69) is 32.7 Å². The van der Waals surface area contributed by atoms with Gasteiger partial charge in [0.15, 0.2) is 5.96 Å². The standard InChI is InChI=1S/C19H22N4O2S/c1-20-19(22-9-10-25-15-6-4-8-21-12-15)23-13-16(24)18-11-14-5-2-3-7-17(14)26-18/h2-8,11-12,16,24H,9-10,13H2,1H3,(H2,20,22,23). The van der Waals surface area contributed by atoms with Crippen molar-refractivity contribution in [2.24, 2.45) is 4.99 Å². The van der Waals surface area contributed by atoms with Crippen LogP contribution in [0.1, 0.15) is 11.0 Å². The van der Waals surface area contributed by atoms with E-state index in [1.165, 1.54) is 4.70 Å². The minimum atomic E-state index is -0.586. The number of pyridine rings is 1. The minimum absolute atomic E-state index is 0.385. The summed E-state index contributed by atoms with van der Waals surface area (Å²) < 4.78 is 6.75. The zero-order valence-electron chi connectivity index (χ0n) is 14.6. The molecule has 0 amide bonds. The van der Waals surface area contributed by atoms with E-state index in [0.29, 0.717) is 25.7 Å². The molecule has 0 saturated heterocycles. The molecule has 1 atom stereocenters. The molecule has 2 heterocycles. The summed E-state index contributed by atoms with van der Waals surface area (Å²) in [4.78, 5) is 9.10. The van der Waals surface area contributed by atoms with E-state index < -0.39 is 6.10 Å². The highest BCUT2D eigenvalue weighted by molar-refractivity contribution is 7.19. The van der Waals surface area contributed by atoms with Crippen molar-refractivity contribution in [2.45, 2.75) is 6.10 Å². The average Bonchev–Trinajstić information content (AvgIpc) is 3.12. The first kappa shape index (κ1) is 18.2. The molecular weight excluding hydrogens is 348 g/mol. The van der Waals surface area contributed by atoms with Crippen LogP contribution in [0.25, 0.3) is 10.1 Å². The molecule has 0 aliphatic carbocycles. The van der Waals surface area contributed by atoms with Crippen LogP contribution in [0.3, 0.4) is 0 Å². The van der Waals surface area contributed by atoms with Gasteiger partial charge in [0.25, 0.3) is 0 Å². The van der Waals surface area contributed by atoms with Gasteiger partial charge in [0.1, 0.15) is 18.5 Å². The normalized spacial score (nSPS) is 12.8. The largest absolute Gasteiger partial charge is 0.490 e. The van der Waals surface area contributed by atoms with Crippen LogP contribution in [0.15, 0.2) is 59.9 Å². The number of thiophene rings is 1. The zero-order valence-corrected chi connectivity index (χ0v) is 15.4. The van der Waals surface area contributed by atoms with Crippen LogP contribution in [-0.4, -0.2) is 42.8 Å². The predicted octanol–water partition coefficient (Wildman–Crippen LogP) is 2.57. The van der Waals surface area contributed by atoms with Crippen LogP contribution in [0.4, 0.5) is 0 Å². The number of aliphatic hydroxyl groups is 1. The molecule has 0 bridgehead atoms. The molecule has 0 fully saturated rings. The molecule has 26 heavy (non-hydrogen) atoms. The summed E-state index contributed by atoms with van der Waals surface area (Å²) in [6.45, 7) is 1.47. The Balaban J connectivity index is 1.43. The Kier molecular flexibility index (Phi) is 6.40. The highest BCUT2D eigenvalue weighted by atomic mass is 32.1. The topological polar surface area (TPSA) is 78.8 Å². The van der Waals surface area contributed by atoms with Crippen molar-refractivity contribution in [3.8, 4) is 5.75 Å². The molecule has 136 valence electrons. The molecule has 1 aromatic carbocycles. The first-order valence-corrected chi connectivity index (χ1v) is 9.22. The number of nitrogens with one attached hydrogen (secondary N) is 2. The number of ether oxygens (including phenoxy) is 1. The first-order chi connectivity index (χ1) is 12.8. The summed E-state index contributed by atoms with van der Waals surface area (Å²) in [5.41, 5.74) is 0. The van der Waals surface area contributed by atoms with Crippen LogP contribution >= 0.6 is 11.3 Å². The van der Waals surface area contributed by atoms with Gasteiger partial charge in [0.2, 0.25) is 0 Å². The third-order valence-corrected chi connectivity index (χ3v) is 4.97. The lowest BCUT2D eigenvalue weighted by Gasteiger charge is -2.14. The van der Waals surface area contributed by atoms with Crippen LogP contribution in [0.2, 0.25) is 0 Å². The fraction of sp³-hybridized carbons (Fsp3) is 0.263. The number of fused-ring (bicyclic) bond motifs is 1. The summed E-state index contributed by atoms with van der Waals surface area (Å²) in [7, 11) is 1.70. The van der Waals surface area contributed by atoms with Gasteiger partial charge in [0.05, 0.1) is 12.7 Å². The summed E-state index contributed by atoms with van der Waals surface area (Å²) in [5, 5.41) is 17.9. The minimum Gasteiger partial charge on any atom is -0.490 e. The molecule has 3 rings (SSSR count). The van der Waals surface area contributed by atoms with E-state index in [4.69, 9.17) is 4.74 Å². The van der Waals surface area contributed by atoms with Gasteiger partial charge in [-0.1, -0.05) is 18.2 Å². The molecule has 1 unspecified atom stereocenters. The number of hydrogen-bond donors (Lipinski definition) is 3. The number of rotatable bonds is 7. The fourth-order valence-electron chi connectivity index (χ4n) is 2.45. The van der Waals surface area contributed by atoms with E-state index in [1.54, 1.807) is 30.8 Å². The maximum absolute atomic E-state index is 10.4. The van der Waals surface area contributed by atoms with Gasteiger partial charge in [-0.3, -0.25) is 9.98 Å². The van der Waals surface area contributed by atoms with Crippen molar-refractivity contribution in [3.63, 3.8) is 0 Å². The molecule has 0 aliphatic rings. The molecule has 0 spiro atoms. The molecule has 3 N–H and O–H groups in total. The molecule has 0 aliphatic heterocycles. The number of aliphatic hydroxyl groups excluding tert-OH is 1. The summed E-state index contributed by atoms with van der Waals surface area (Å²) in [6, 6.07) is 13.9. The summed E-state index contributed by atoms with van der Waals surface area (Å²) >= 11 is 1.61. The summed E-state index contributed by atoms with van der Waals surface area (Å²) in [5.74, 6) is 1.36. The maximum atomic E-state index is 10.4. The Morgan fingerprint density at radius 2 is 2.15 bits per heavy atom. The number of guanidine groups is 1. The van der Waals surface area contributed by atoms with Gasteiger partial charge in [-0.15, -0.1) is 11.3 Å². The highest BCUT2D eigenvalue weighted by Gasteiger charge is 2.12. The monoisotopic (exact) mass is 370 g/mol. The number of hydrogen-bond acceptors (Lipinski definition) is 5. The van der Waals surface area contributed by atoms with Crippen LogP contribution in [0, 0.1) is 0 Å².